The van der Waals surface area contributed by atoms with Gasteiger partial charge in [0.25, 0.3) is 0 Å². The molecule has 1 aliphatic carbocycles. The number of halogens is 4. The van der Waals surface area contributed by atoms with Gasteiger partial charge in [-0.3, -0.25) is 0 Å². The molecule has 0 amide bonds. The van der Waals surface area contributed by atoms with Crippen LogP contribution in [-0.4, -0.2) is 11.1 Å². The number of hydrogen-bond donors (Lipinski definition) is 1. The average Bonchev–Trinajstić information content (AvgIpc) is 2.71. The molecule has 162 valence electrons. The van der Waals surface area contributed by atoms with E-state index >= 15 is 4.39 Å². The lowest BCUT2D eigenvalue weighted by molar-refractivity contribution is 0.0691. The number of carbonyl (C=O) groups is 1. The maximum Gasteiger partial charge on any atom is 0.338 e. The van der Waals surface area contributed by atoms with E-state index in [1.54, 1.807) is 0 Å². The molecule has 2 aromatic carbocycles. The van der Waals surface area contributed by atoms with Crippen LogP contribution < -0.4 is 0 Å². The predicted octanol–water partition coefficient (Wildman–Crippen LogP) is 7.15. The maximum atomic E-state index is 15.0. The highest BCUT2D eigenvalue weighted by molar-refractivity contribution is 5.89. The van der Waals surface area contributed by atoms with Crippen molar-refractivity contribution in [1.82, 2.24) is 0 Å². The Morgan fingerprint density at radius 2 is 1.50 bits per heavy atom. The molecule has 0 aliphatic heterocycles. The summed E-state index contributed by atoms with van der Waals surface area (Å²) >= 11 is 0. The average molecular weight is 422 g/mol. The fourth-order valence-corrected chi connectivity index (χ4v) is 4.58. The molecular formula is C24H26F4O2. The molecule has 0 aromatic heterocycles. The van der Waals surface area contributed by atoms with Crippen LogP contribution in [0.5, 0.6) is 0 Å². The first-order valence-electron chi connectivity index (χ1n) is 10.5. The minimum absolute atomic E-state index is 0.0103. The Kier molecular flexibility index (Phi) is 7.16. The van der Waals surface area contributed by atoms with Crippen molar-refractivity contribution in [2.75, 3.05) is 0 Å². The molecular weight excluding hydrogens is 396 g/mol. The Bertz CT molecular complexity index is 895. The fourth-order valence-electron chi connectivity index (χ4n) is 4.58. The molecule has 0 spiro atoms. The molecule has 0 radical (unpaired) electrons. The van der Waals surface area contributed by atoms with E-state index in [-0.39, 0.29) is 23.1 Å². The van der Waals surface area contributed by atoms with Crippen molar-refractivity contribution in [3.05, 3.63) is 58.7 Å². The minimum atomic E-state index is -1.59. The first-order chi connectivity index (χ1) is 14.3. The molecule has 1 fully saturated rings. The van der Waals surface area contributed by atoms with E-state index in [2.05, 4.69) is 6.92 Å². The lowest BCUT2D eigenvalue weighted by Gasteiger charge is -2.28. The molecule has 0 heterocycles. The lowest BCUT2D eigenvalue weighted by Crippen LogP contribution is -2.15. The van der Waals surface area contributed by atoms with E-state index in [1.807, 2.05) is 0 Å². The van der Waals surface area contributed by atoms with E-state index in [0.29, 0.717) is 12.3 Å². The van der Waals surface area contributed by atoms with Gasteiger partial charge in [0.05, 0.1) is 5.56 Å². The highest BCUT2D eigenvalue weighted by Gasteiger charge is 2.24. The number of rotatable bonds is 7. The zero-order valence-corrected chi connectivity index (χ0v) is 17.0. The third-order valence-corrected chi connectivity index (χ3v) is 6.23. The SMILES string of the molecule is CCCC1CCC(CCc2c(-c3cc(F)c(F)c(F)c3)ccc(C(=O)O)c2F)CC1. The summed E-state index contributed by atoms with van der Waals surface area (Å²) in [5, 5.41) is 9.26. The Morgan fingerprint density at radius 3 is 2.03 bits per heavy atom. The van der Waals surface area contributed by atoms with Crippen LogP contribution >= 0.6 is 0 Å². The van der Waals surface area contributed by atoms with Gasteiger partial charge in [-0.15, -0.1) is 0 Å². The molecule has 1 aliphatic rings. The standard InChI is InChI=1S/C24H26F4O2/c1-2-3-14-4-6-15(7-5-14)8-9-18-17(10-11-19(22(18)27)24(29)30)16-12-20(25)23(28)21(26)13-16/h10-15H,2-9H2,1H3,(H,29,30). The van der Waals surface area contributed by atoms with Gasteiger partial charge < -0.3 is 5.11 Å². The van der Waals surface area contributed by atoms with Crippen LogP contribution in [0.15, 0.2) is 24.3 Å². The molecule has 1 saturated carbocycles. The number of hydrogen-bond acceptors (Lipinski definition) is 1. The highest BCUT2D eigenvalue weighted by atomic mass is 19.2. The monoisotopic (exact) mass is 422 g/mol. The fraction of sp³-hybridized carbons (Fsp3) is 0.458. The molecule has 30 heavy (non-hydrogen) atoms. The zero-order valence-electron chi connectivity index (χ0n) is 17.0. The molecule has 0 bridgehead atoms. The van der Waals surface area contributed by atoms with Crippen LogP contribution in [0.1, 0.15) is 67.8 Å². The van der Waals surface area contributed by atoms with Crippen LogP contribution in [0, 0.1) is 35.1 Å². The second-order valence-electron chi connectivity index (χ2n) is 8.23. The number of carboxylic acid groups (broad SMARTS) is 1. The van der Waals surface area contributed by atoms with E-state index in [1.165, 1.54) is 12.5 Å². The zero-order chi connectivity index (χ0) is 21.8. The molecule has 0 atom stereocenters. The summed E-state index contributed by atoms with van der Waals surface area (Å²) in [5.74, 6) is -5.49. The Morgan fingerprint density at radius 1 is 0.933 bits per heavy atom. The Balaban J connectivity index is 1.88. The third-order valence-electron chi connectivity index (χ3n) is 6.23. The van der Waals surface area contributed by atoms with Crippen molar-refractivity contribution in [2.45, 2.75) is 58.3 Å². The topological polar surface area (TPSA) is 37.3 Å². The van der Waals surface area contributed by atoms with Gasteiger partial charge in [-0.1, -0.05) is 51.5 Å². The Hall–Kier alpha value is -2.37. The van der Waals surface area contributed by atoms with Gasteiger partial charge in [-0.2, -0.15) is 0 Å². The van der Waals surface area contributed by atoms with E-state index in [4.69, 9.17) is 0 Å². The summed E-state index contributed by atoms with van der Waals surface area (Å²) in [4.78, 5) is 11.4. The van der Waals surface area contributed by atoms with Crippen molar-refractivity contribution >= 4 is 5.97 Å². The summed E-state index contributed by atoms with van der Waals surface area (Å²) in [6, 6.07) is 4.04. The van der Waals surface area contributed by atoms with Crippen molar-refractivity contribution in [3.8, 4) is 11.1 Å². The van der Waals surface area contributed by atoms with Crippen LogP contribution in [0.25, 0.3) is 11.1 Å². The largest absolute Gasteiger partial charge is 0.478 e. The van der Waals surface area contributed by atoms with E-state index < -0.39 is 34.8 Å². The van der Waals surface area contributed by atoms with Crippen LogP contribution in [0.4, 0.5) is 17.6 Å². The second-order valence-corrected chi connectivity index (χ2v) is 8.23. The summed E-state index contributed by atoms with van der Waals surface area (Å²) in [5.41, 5.74) is -0.196. The normalized spacial score (nSPS) is 19.1. The van der Waals surface area contributed by atoms with E-state index in [9.17, 15) is 23.1 Å². The third kappa shape index (κ3) is 4.85. The molecule has 2 nitrogen and oxygen atoms in total. The lowest BCUT2D eigenvalue weighted by atomic mass is 9.77. The Labute approximate surface area is 173 Å². The van der Waals surface area contributed by atoms with Crippen molar-refractivity contribution in [1.29, 1.82) is 0 Å². The first-order valence-corrected chi connectivity index (χ1v) is 10.5. The van der Waals surface area contributed by atoms with Gasteiger partial charge in [0.15, 0.2) is 17.5 Å². The van der Waals surface area contributed by atoms with Gasteiger partial charge in [-0.05, 0) is 59.6 Å². The number of benzene rings is 2. The van der Waals surface area contributed by atoms with Crippen molar-refractivity contribution < 1.29 is 27.5 Å². The quantitative estimate of drug-likeness (QED) is 0.380. The van der Waals surface area contributed by atoms with Gasteiger partial charge >= 0.3 is 5.97 Å². The summed E-state index contributed by atoms with van der Waals surface area (Å²) in [6.07, 6.45) is 7.66. The van der Waals surface area contributed by atoms with Crippen molar-refractivity contribution in [3.63, 3.8) is 0 Å². The highest BCUT2D eigenvalue weighted by Crippen LogP contribution is 2.36. The van der Waals surface area contributed by atoms with Gasteiger partial charge in [0.2, 0.25) is 0 Å². The molecule has 3 rings (SSSR count). The molecule has 6 heteroatoms. The van der Waals surface area contributed by atoms with Crippen LogP contribution in [0.3, 0.4) is 0 Å². The van der Waals surface area contributed by atoms with Crippen LogP contribution in [-0.2, 0) is 6.42 Å². The number of aromatic carboxylic acids is 1. The molecule has 2 aromatic rings. The van der Waals surface area contributed by atoms with Gasteiger partial charge in [0, 0.05) is 0 Å². The minimum Gasteiger partial charge on any atom is -0.478 e. The smallest absolute Gasteiger partial charge is 0.338 e. The van der Waals surface area contributed by atoms with Gasteiger partial charge in [-0.25, -0.2) is 22.4 Å². The molecule has 0 saturated heterocycles. The molecule has 0 unspecified atom stereocenters. The second kappa shape index (κ2) is 9.63. The summed E-state index contributed by atoms with van der Waals surface area (Å²) in [7, 11) is 0. The number of carboxylic acids is 1. The van der Waals surface area contributed by atoms with E-state index in [0.717, 1.165) is 56.2 Å². The summed E-state index contributed by atoms with van der Waals surface area (Å²) in [6.45, 7) is 2.17. The summed E-state index contributed by atoms with van der Waals surface area (Å²) < 4.78 is 55.9. The van der Waals surface area contributed by atoms with Gasteiger partial charge in [0.1, 0.15) is 5.82 Å². The first kappa shape index (κ1) is 22.3. The molecule has 1 N–H and O–H groups in total. The predicted molar refractivity (Wildman–Crippen MR) is 107 cm³/mol. The maximum absolute atomic E-state index is 15.0. The van der Waals surface area contributed by atoms with Crippen LogP contribution in [0.2, 0.25) is 0 Å². The van der Waals surface area contributed by atoms with Crippen molar-refractivity contribution in [2.24, 2.45) is 11.8 Å².